The number of benzene rings is 1. The van der Waals surface area contributed by atoms with Gasteiger partial charge in [0.05, 0.1) is 19.9 Å². The van der Waals surface area contributed by atoms with Crippen LogP contribution in [0.4, 0.5) is 17.5 Å². The molecule has 0 radical (unpaired) electrons. The summed E-state index contributed by atoms with van der Waals surface area (Å²) in [5.41, 5.74) is 2.55. The Morgan fingerprint density at radius 1 is 1.04 bits per heavy atom. The van der Waals surface area contributed by atoms with E-state index in [1.54, 1.807) is 26.6 Å². The Labute approximate surface area is 165 Å². The number of hydrogen-bond donors (Lipinski definition) is 2. The van der Waals surface area contributed by atoms with Crippen molar-refractivity contribution in [2.45, 2.75) is 26.3 Å². The van der Waals surface area contributed by atoms with E-state index in [4.69, 9.17) is 9.47 Å². The lowest BCUT2D eigenvalue weighted by Crippen LogP contribution is -2.16. The number of anilines is 3. The molecule has 2 N–H and O–H groups in total. The summed E-state index contributed by atoms with van der Waals surface area (Å²) in [6.45, 7) is 4.22. The van der Waals surface area contributed by atoms with Gasteiger partial charge < -0.3 is 20.1 Å². The van der Waals surface area contributed by atoms with Crippen LogP contribution in [0, 0.1) is 0 Å². The van der Waals surface area contributed by atoms with Gasteiger partial charge in [-0.1, -0.05) is 6.92 Å². The molecule has 0 saturated carbocycles. The van der Waals surface area contributed by atoms with Crippen LogP contribution in [-0.2, 0) is 0 Å². The van der Waals surface area contributed by atoms with Crippen molar-refractivity contribution in [1.29, 1.82) is 0 Å². The minimum atomic E-state index is 0.262. The van der Waals surface area contributed by atoms with Crippen molar-refractivity contribution in [2.75, 3.05) is 24.9 Å². The monoisotopic (exact) mass is 379 g/mol. The van der Waals surface area contributed by atoms with Crippen molar-refractivity contribution in [1.82, 2.24) is 15.0 Å². The van der Waals surface area contributed by atoms with E-state index >= 15 is 0 Å². The first-order valence-corrected chi connectivity index (χ1v) is 9.18. The molecule has 146 valence electrons. The summed E-state index contributed by atoms with van der Waals surface area (Å²) in [7, 11) is 3.23. The van der Waals surface area contributed by atoms with E-state index in [-0.39, 0.29) is 6.04 Å². The van der Waals surface area contributed by atoms with Crippen LogP contribution in [0.5, 0.6) is 11.5 Å². The quantitative estimate of drug-likeness (QED) is 0.596. The number of pyridine rings is 1. The van der Waals surface area contributed by atoms with Crippen molar-refractivity contribution < 1.29 is 9.47 Å². The van der Waals surface area contributed by atoms with E-state index < -0.39 is 0 Å². The molecular weight excluding hydrogens is 354 g/mol. The molecule has 0 bridgehead atoms. The molecule has 3 rings (SSSR count). The molecule has 0 amide bonds. The first-order chi connectivity index (χ1) is 13.6. The van der Waals surface area contributed by atoms with Gasteiger partial charge >= 0.3 is 0 Å². The topological polar surface area (TPSA) is 81.2 Å². The van der Waals surface area contributed by atoms with E-state index in [0.717, 1.165) is 23.4 Å². The van der Waals surface area contributed by atoms with Gasteiger partial charge in [-0.05, 0) is 37.6 Å². The normalized spacial score (nSPS) is 11.6. The van der Waals surface area contributed by atoms with Crippen LogP contribution in [0.2, 0.25) is 0 Å². The predicted molar refractivity (Wildman–Crippen MR) is 111 cm³/mol. The van der Waals surface area contributed by atoms with Crippen LogP contribution in [0.25, 0.3) is 11.3 Å². The molecule has 0 fully saturated rings. The highest BCUT2D eigenvalue weighted by Crippen LogP contribution is 2.31. The standard InChI is InChI=1S/C21H25N5O2/c1-5-14(2)23-21-25-17(15-7-6-10-22-13-15)12-20(26-21)24-16-8-9-18(27-3)19(11-16)28-4/h6-14H,5H2,1-4H3,(H2,23,24,25,26)/t14-/m1/s1. The third-order valence-corrected chi connectivity index (χ3v) is 4.33. The Hall–Kier alpha value is -3.35. The molecule has 0 spiro atoms. The van der Waals surface area contributed by atoms with Crippen LogP contribution in [0.1, 0.15) is 20.3 Å². The van der Waals surface area contributed by atoms with Gasteiger partial charge in [-0.25, -0.2) is 4.98 Å². The molecule has 3 aromatic rings. The summed E-state index contributed by atoms with van der Waals surface area (Å²) in [6.07, 6.45) is 4.50. The molecule has 0 aliphatic rings. The van der Waals surface area contributed by atoms with E-state index in [1.807, 2.05) is 36.4 Å². The van der Waals surface area contributed by atoms with Crippen molar-refractivity contribution in [3.8, 4) is 22.8 Å². The lowest BCUT2D eigenvalue weighted by molar-refractivity contribution is 0.355. The fourth-order valence-corrected chi connectivity index (χ4v) is 2.62. The average molecular weight is 379 g/mol. The third kappa shape index (κ3) is 4.68. The number of aromatic nitrogens is 3. The molecule has 0 aliphatic carbocycles. The van der Waals surface area contributed by atoms with Crippen molar-refractivity contribution >= 4 is 17.5 Å². The number of rotatable bonds is 8. The Bertz CT molecular complexity index is 918. The van der Waals surface area contributed by atoms with Gasteiger partial charge in [0.15, 0.2) is 11.5 Å². The highest BCUT2D eigenvalue weighted by atomic mass is 16.5. The van der Waals surface area contributed by atoms with E-state index in [9.17, 15) is 0 Å². The zero-order valence-electron chi connectivity index (χ0n) is 16.6. The highest BCUT2D eigenvalue weighted by molar-refractivity contribution is 5.68. The predicted octanol–water partition coefficient (Wildman–Crippen LogP) is 4.51. The van der Waals surface area contributed by atoms with E-state index in [1.165, 1.54) is 0 Å². The molecule has 2 aromatic heterocycles. The minimum Gasteiger partial charge on any atom is -0.493 e. The second-order valence-corrected chi connectivity index (χ2v) is 6.35. The Morgan fingerprint density at radius 2 is 1.86 bits per heavy atom. The number of nitrogens with zero attached hydrogens (tertiary/aromatic N) is 3. The largest absolute Gasteiger partial charge is 0.493 e. The van der Waals surface area contributed by atoms with E-state index in [0.29, 0.717) is 23.3 Å². The number of nitrogens with one attached hydrogen (secondary N) is 2. The zero-order chi connectivity index (χ0) is 19.9. The molecule has 1 atom stereocenters. The van der Waals surface area contributed by atoms with Crippen LogP contribution >= 0.6 is 0 Å². The first kappa shape index (κ1) is 19.4. The van der Waals surface area contributed by atoms with Crippen LogP contribution in [0.15, 0.2) is 48.8 Å². The number of hydrogen-bond acceptors (Lipinski definition) is 7. The van der Waals surface area contributed by atoms with Crippen LogP contribution in [0.3, 0.4) is 0 Å². The fraction of sp³-hybridized carbons (Fsp3) is 0.286. The summed E-state index contributed by atoms with van der Waals surface area (Å²) in [6, 6.07) is 11.7. The molecule has 28 heavy (non-hydrogen) atoms. The molecule has 7 heteroatoms. The summed E-state index contributed by atoms with van der Waals surface area (Å²) < 4.78 is 10.7. The Morgan fingerprint density at radius 3 is 2.54 bits per heavy atom. The van der Waals surface area contributed by atoms with Crippen molar-refractivity contribution in [3.63, 3.8) is 0 Å². The summed E-state index contributed by atoms with van der Waals surface area (Å²) in [4.78, 5) is 13.5. The maximum atomic E-state index is 5.38. The maximum absolute atomic E-state index is 5.38. The molecule has 0 saturated heterocycles. The van der Waals surface area contributed by atoms with Crippen LogP contribution < -0.4 is 20.1 Å². The first-order valence-electron chi connectivity index (χ1n) is 9.18. The van der Waals surface area contributed by atoms with E-state index in [2.05, 4.69) is 39.4 Å². The molecule has 0 aliphatic heterocycles. The summed E-state index contributed by atoms with van der Waals surface area (Å²) in [5.74, 6) is 2.56. The fourth-order valence-electron chi connectivity index (χ4n) is 2.62. The highest BCUT2D eigenvalue weighted by Gasteiger charge is 2.11. The molecule has 1 aromatic carbocycles. The summed E-state index contributed by atoms with van der Waals surface area (Å²) >= 11 is 0. The Kier molecular flexibility index (Phi) is 6.26. The van der Waals surface area contributed by atoms with Crippen molar-refractivity contribution in [3.05, 3.63) is 48.8 Å². The van der Waals surface area contributed by atoms with Gasteiger partial charge in [-0.15, -0.1) is 0 Å². The van der Waals surface area contributed by atoms with Gasteiger partial charge in [-0.2, -0.15) is 4.98 Å². The maximum Gasteiger partial charge on any atom is 0.225 e. The minimum absolute atomic E-state index is 0.262. The summed E-state index contributed by atoms with van der Waals surface area (Å²) in [5, 5.41) is 6.67. The van der Waals surface area contributed by atoms with Gasteiger partial charge in [0, 0.05) is 41.8 Å². The Balaban J connectivity index is 1.96. The smallest absolute Gasteiger partial charge is 0.225 e. The third-order valence-electron chi connectivity index (χ3n) is 4.33. The second kappa shape index (κ2) is 9.03. The SMILES string of the molecule is CC[C@@H](C)Nc1nc(Nc2ccc(OC)c(OC)c2)cc(-c2cccnc2)n1. The average Bonchev–Trinajstić information content (AvgIpc) is 2.74. The molecule has 0 unspecified atom stereocenters. The lowest BCUT2D eigenvalue weighted by atomic mass is 10.2. The molecular formula is C21H25N5O2. The lowest BCUT2D eigenvalue weighted by Gasteiger charge is -2.15. The van der Waals surface area contributed by atoms with Crippen molar-refractivity contribution in [2.24, 2.45) is 0 Å². The van der Waals surface area contributed by atoms with Gasteiger partial charge in [0.25, 0.3) is 0 Å². The number of methoxy groups -OCH3 is 2. The number of ether oxygens (including phenoxy) is 2. The van der Waals surface area contributed by atoms with Gasteiger partial charge in [0.1, 0.15) is 5.82 Å². The van der Waals surface area contributed by atoms with Gasteiger partial charge in [-0.3, -0.25) is 4.98 Å². The zero-order valence-corrected chi connectivity index (χ0v) is 16.6. The van der Waals surface area contributed by atoms with Gasteiger partial charge in [0.2, 0.25) is 5.95 Å². The second-order valence-electron chi connectivity index (χ2n) is 6.35. The van der Waals surface area contributed by atoms with Crippen LogP contribution in [-0.4, -0.2) is 35.2 Å². The molecule has 2 heterocycles. The molecule has 7 nitrogen and oxygen atoms in total.